The molecule has 0 amide bonds. The highest BCUT2D eigenvalue weighted by molar-refractivity contribution is 5.67. The zero-order chi connectivity index (χ0) is 14.8. The normalized spacial score (nSPS) is 18.5. The van der Waals surface area contributed by atoms with Crippen LogP contribution in [-0.4, -0.2) is 34.1 Å². The molecule has 2 heterocycles. The second kappa shape index (κ2) is 5.46. The SMILES string of the molecule is N#Cc1c(N2CCCC(O)C2)nn(-c2ccccc2)c1N. The monoisotopic (exact) mass is 283 g/mol. The molecule has 0 bridgehead atoms. The van der Waals surface area contributed by atoms with Crippen LogP contribution in [-0.2, 0) is 0 Å². The second-order valence-electron chi connectivity index (χ2n) is 5.19. The van der Waals surface area contributed by atoms with E-state index < -0.39 is 0 Å². The van der Waals surface area contributed by atoms with Crippen LogP contribution in [0.15, 0.2) is 30.3 Å². The van der Waals surface area contributed by atoms with E-state index in [1.54, 1.807) is 4.68 Å². The van der Waals surface area contributed by atoms with Crippen molar-refractivity contribution >= 4 is 11.6 Å². The molecule has 1 atom stereocenters. The molecular weight excluding hydrogens is 266 g/mol. The Bertz CT molecular complexity index is 673. The molecule has 108 valence electrons. The smallest absolute Gasteiger partial charge is 0.171 e. The number of piperidine rings is 1. The third-order valence-electron chi connectivity index (χ3n) is 3.71. The van der Waals surface area contributed by atoms with Gasteiger partial charge >= 0.3 is 0 Å². The van der Waals surface area contributed by atoms with Crippen molar-refractivity contribution in [1.29, 1.82) is 5.26 Å². The first-order chi connectivity index (χ1) is 10.2. The van der Waals surface area contributed by atoms with Crippen molar-refractivity contribution in [2.24, 2.45) is 0 Å². The van der Waals surface area contributed by atoms with E-state index in [1.165, 1.54) is 0 Å². The molecule has 0 aliphatic carbocycles. The number of aliphatic hydroxyl groups excluding tert-OH is 1. The van der Waals surface area contributed by atoms with Crippen molar-refractivity contribution in [2.75, 3.05) is 23.7 Å². The van der Waals surface area contributed by atoms with Gasteiger partial charge in [0.15, 0.2) is 5.82 Å². The summed E-state index contributed by atoms with van der Waals surface area (Å²) >= 11 is 0. The molecule has 1 unspecified atom stereocenters. The van der Waals surface area contributed by atoms with Gasteiger partial charge in [0.1, 0.15) is 17.5 Å². The summed E-state index contributed by atoms with van der Waals surface area (Å²) in [4.78, 5) is 1.93. The van der Waals surface area contributed by atoms with E-state index in [4.69, 9.17) is 5.73 Å². The van der Waals surface area contributed by atoms with Crippen LogP contribution in [0.2, 0.25) is 0 Å². The molecule has 0 saturated carbocycles. The van der Waals surface area contributed by atoms with Crippen molar-refractivity contribution < 1.29 is 5.11 Å². The van der Waals surface area contributed by atoms with Crippen molar-refractivity contribution in [1.82, 2.24) is 9.78 Å². The van der Waals surface area contributed by atoms with E-state index in [0.717, 1.165) is 25.1 Å². The molecule has 1 saturated heterocycles. The minimum absolute atomic E-state index is 0.332. The molecule has 0 spiro atoms. The number of para-hydroxylation sites is 1. The lowest BCUT2D eigenvalue weighted by atomic mass is 10.1. The summed E-state index contributed by atoms with van der Waals surface area (Å²) in [6.45, 7) is 1.26. The van der Waals surface area contributed by atoms with Crippen molar-refractivity contribution in [3.05, 3.63) is 35.9 Å². The average Bonchev–Trinajstić information content (AvgIpc) is 2.85. The fourth-order valence-corrected chi connectivity index (χ4v) is 2.66. The van der Waals surface area contributed by atoms with E-state index >= 15 is 0 Å². The maximum Gasteiger partial charge on any atom is 0.171 e. The van der Waals surface area contributed by atoms with E-state index in [-0.39, 0.29) is 6.10 Å². The van der Waals surface area contributed by atoms with Gasteiger partial charge in [-0.3, -0.25) is 0 Å². The van der Waals surface area contributed by atoms with E-state index in [0.29, 0.717) is 23.7 Å². The molecule has 21 heavy (non-hydrogen) atoms. The number of rotatable bonds is 2. The number of aliphatic hydroxyl groups is 1. The largest absolute Gasteiger partial charge is 0.391 e. The van der Waals surface area contributed by atoms with Gasteiger partial charge in [-0.15, -0.1) is 5.10 Å². The third-order valence-corrected chi connectivity index (χ3v) is 3.71. The molecule has 3 N–H and O–H groups in total. The Morgan fingerprint density at radius 1 is 1.33 bits per heavy atom. The molecule has 3 rings (SSSR count). The molecule has 1 aromatic heterocycles. The Kier molecular flexibility index (Phi) is 3.50. The lowest BCUT2D eigenvalue weighted by Crippen LogP contribution is -2.38. The van der Waals surface area contributed by atoms with Gasteiger partial charge in [0, 0.05) is 13.1 Å². The number of β-amino-alcohol motifs (C(OH)–C–C–N with tert-alkyl or cyclic N) is 1. The summed E-state index contributed by atoms with van der Waals surface area (Å²) in [5.74, 6) is 0.886. The highest BCUT2D eigenvalue weighted by Gasteiger charge is 2.25. The van der Waals surface area contributed by atoms with Gasteiger partial charge in [0.05, 0.1) is 11.8 Å². The molecule has 2 aromatic rings. The lowest BCUT2D eigenvalue weighted by Gasteiger charge is -2.30. The highest BCUT2D eigenvalue weighted by atomic mass is 16.3. The molecule has 0 radical (unpaired) electrons. The van der Waals surface area contributed by atoms with Gasteiger partial charge in [-0.1, -0.05) is 18.2 Å². The van der Waals surface area contributed by atoms with Crippen LogP contribution in [0.3, 0.4) is 0 Å². The van der Waals surface area contributed by atoms with Gasteiger partial charge in [0.2, 0.25) is 0 Å². The first-order valence-corrected chi connectivity index (χ1v) is 6.97. The fourth-order valence-electron chi connectivity index (χ4n) is 2.66. The number of hydrogen-bond donors (Lipinski definition) is 2. The number of nitrogen functional groups attached to an aromatic ring is 1. The van der Waals surface area contributed by atoms with E-state index in [9.17, 15) is 10.4 Å². The standard InChI is InChI=1S/C15H17N5O/c16-9-13-14(17)20(11-5-2-1-3-6-11)18-15(13)19-8-4-7-12(21)10-19/h1-3,5-6,12,21H,4,7-8,10,17H2. The average molecular weight is 283 g/mol. The molecule has 1 aliphatic rings. The summed E-state index contributed by atoms with van der Waals surface area (Å²) in [5, 5.41) is 23.7. The molecule has 1 aliphatic heterocycles. The molecule has 1 fully saturated rings. The molecule has 1 aromatic carbocycles. The van der Waals surface area contributed by atoms with Crippen LogP contribution in [0.4, 0.5) is 11.6 Å². The van der Waals surface area contributed by atoms with Gasteiger partial charge in [-0.25, -0.2) is 4.68 Å². The Hall–Kier alpha value is -2.52. The first-order valence-electron chi connectivity index (χ1n) is 6.97. The summed E-state index contributed by atoms with van der Waals surface area (Å²) in [5.41, 5.74) is 7.26. The first kappa shape index (κ1) is 13.5. The summed E-state index contributed by atoms with van der Waals surface area (Å²) in [6.07, 6.45) is 1.28. The number of aromatic nitrogens is 2. The number of anilines is 2. The van der Waals surface area contributed by atoms with E-state index in [1.807, 2.05) is 35.2 Å². The van der Waals surface area contributed by atoms with Crippen LogP contribution in [0.5, 0.6) is 0 Å². The maximum atomic E-state index is 9.81. The van der Waals surface area contributed by atoms with Crippen LogP contribution in [0.25, 0.3) is 5.69 Å². The lowest BCUT2D eigenvalue weighted by molar-refractivity contribution is 0.154. The molecular formula is C15H17N5O. The van der Waals surface area contributed by atoms with Gasteiger partial charge in [-0.05, 0) is 25.0 Å². The minimum atomic E-state index is -0.381. The number of hydrogen-bond acceptors (Lipinski definition) is 5. The number of benzene rings is 1. The molecule has 6 nitrogen and oxygen atoms in total. The highest BCUT2D eigenvalue weighted by Crippen LogP contribution is 2.28. The van der Waals surface area contributed by atoms with Crippen molar-refractivity contribution in [2.45, 2.75) is 18.9 Å². The topological polar surface area (TPSA) is 91.1 Å². The Morgan fingerprint density at radius 2 is 2.10 bits per heavy atom. The number of nitrogens with zero attached hydrogens (tertiary/aromatic N) is 4. The number of nitrogens with two attached hydrogens (primary N) is 1. The summed E-state index contributed by atoms with van der Waals surface area (Å²) in [7, 11) is 0. The minimum Gasteiger partial charge on any atom is -0.391 e. The number of nitriles is 1. The third kappa shape index (κ3) is 2.43. The zero-order valence-electron chi connectivity index (χ0n) is 11.6. The Balaban J connectivity index is 2.04. The van der Waals surface area contributed by atoms with Crippen LogP contribution >= 0.6 is 0 Å². The van der Waals surface area contributed by atoms with Crippen molar-refractivity contribution in [3.63, 3.8) is 0 Å². The van der Waals surface area contributed by atoms with Gasteiger partial charge < -0.3 is 15.7 Å². The molecule has 6 heteroatoms. The quantitative estimate of drug-likeness (QED) is 0.866. The Morgan fingerprint density at radius 3 is 2.76 bits per heavy atom. The zero-order valence-corrected chi connectivity index (χ0v) is 11.6. The van der Waals surface area contributed by atoms with Crippen LogP contribution in [0, 0.1) is 11.3 Å². The summed E-state index contributed by atoms with van der Waals surface area (Å²) < 4.78 is 1.58. The van der Waals surface area contributed by atoms with Crippen LogP contribution in [0.1, 0.15) is 18.4 Å². The fraction of sp³-hybridized carbons (Fsp3) is 0.333. The van der Waals surface area contributed by atoms with E-state index in [2.05, 4.69) is 11.2 Å². The maximum absolute atomic E-state index is 9.81. The summed E-state index contributed by atoms with van der Waals surface area (Å²) in [6, 6.07) is 11.6. The van der Waals surface area contributed by atoms with Crippen LogP contribution < -0.4 is 10.6 Å². The second-order valence-corrected chi connectivity index (χ2v) is 5.19. The van der Waals surface area contributed by atoms with Gasteiger partial charge in [0.25, 0.3) is 0 Å². The predicted octanol–water partition coefficient (Wildman–Crippen LogP) is 1.29. The Labute approximate surface area is 123 Å². The predicted molar refractivity (Wildman–Crippen MR) is 80.1 cm³/mol. The van der Waals surface area contributed by atoms with Gasteiger partial charge in [-0.2, -0.15) is 5.26 Å². The van der Waals surface area contributed by atoms with Crippen molar-refractivity contribution in [3.8, 4) is 11.8 Å².